The van der Waals surface area contributed by atoms with Crippen molar-refractivity contribution < 1.29 is 4.39 Å². The van der Waals surface area contributed by atoms with Gasteiger partial charge in [-0.15, -0.1) is 0 Å². The van der Waals surface area contributed by atoms with Crippen molar-refractivity contribution in [1.82, 2.24) is 4.98 Å². The molecule has 0 aliphatic rings. The molecule has 15 heavy (non-hydrogen) atoms. The lowest BCUT2D eigenvalue weighted by atomic mass is 10.1. The van der Waals surface area contributed by atoms with E-state index in [1.54, 1.807) is 12.1 Å². The van der Waals surface area contributed by atoms with E-state index in [1.165, 1.54) is 24.4 Å². The van der Waals surface area contributed by atoms with Crippen molar-refractivity contribution in [2.24, 2.45) is 0 Å². The van der Waals surface area contributed by atoms with Gasteiger partial charge in [-0.1, -0.05) is 17.7 Å². The maximum Gasteiger partial charge on any atom is 0.248 e. The van der Waals surface area contributed by atoms with Gasteiger partial charge in [0.1, 0.15) is 5.82 Å². The van der Waals surface area contributed by atoms with Crippen LogP contribution in [0.5, 0.6) is 0 Å². The monoisotopic (exact) mass is 223 g/mol. The third-order valence-electron chi connectivity index (χ3n) is 2.03. The van der Waals surface area contributed by atoms with Gasteiger partial charge in [0.25, 0.3) is 0 Å². The Balaban J connectivity index is 2.55. The van der Waals surface area contributed by atoms with Gasteiger partial charge in [-0.05, 0) is 29.3 Å². The zero-order chi connectivity index (χ0) is 10.8. The Morgan fingerprint density at radius 1 is 1.13 bits per heavy atom. The van der Waals surface area contributed by atoms with Crippen LogP contribution in [-0.2, 0) is 0 Å². The standard InChI is InChI=1S/C11H7ClFNO/c12-9-5-7(1-2-10(9)13)8-3-4-14-11(15)6-8/h1-6H,(H,14,15). The SMILES string of the molecule is O=c1cc(-c2ccc(F)c(Cl)c2)cc[nH]1. The van der Waals surface area contributed by atoms with Crippen LogP contribution in [0.1, 0.15) is 0 Å². The first kappa shape index (κ1) is 9.93. The Bertz CT molecular complexity index is 550. The molecule has 0 atom stereocenters. The number of hydrogen-bond acceptors (Lipinski definition) is 1. The summed E-state index contributed by atoms with van der Waals surface area (Å²) in [7, 11) is 0. The second kappa shape index (κ2) is 3.87. The van der Waals surface area contributed by atoms with E-state index >= 15 is 0 Å². The third kappa shape index (κ3) is 2.07. The number of pyridine rings is 1. The molecule has 0 fully saturated rings. The summed E-state index contributed by atoms with van der Waals surface area (Å²) in [6, 6.07) is 7.51. The Hall–Kier alpha value is -1.61. The molecule has 0 aliphatic heterocycles. The minimum atomic E-state index is -0.467. The molecule has 1 heterocycles. The van der Waals surface area contributed by atoms with Crippen LogP contribution in [-0.4, -0.2) is 4.98 Å². The molecule has 76 valence electrons. The van der Waals surface area contributed by atoms with Gasteiger partial charge in [0.05, 0.1) is 5.02 Å². The highest BCUT2D eigenvalue weighted by Gasteiger charge is 2.03. The molecule has 2 aromatic rings. The molecule has 0 radical (unpaired) electrons. The van der Waals surface area contributed by atoms with Crippen LogP contribution in [0.4, 0.5) is 4.39 Å². The Labute approximate surface area is 90.3 Å². The fourth-order valence-electron chi connectivity index (χ4n) is 1.30. The molecule has 2 nitrogen and oxygen atoms in total. The van der Waals surface area contributed by atoms with Crippen LogP contribution < -0.4 is 5.56 Å². The highest BCUT2D eigenvalue weighted by Crippen LogP contribution is 2.23. The third-order valence-corrected chi connectivity index (χ3v) is 2.32. The lowest BCUT2D eigenvalue weighted by Gasteiger charge is -2.01. The van der Waals surface area contributed by atoms with E-state index in [-0.39, 0.29) is 10.6 Å². The molecular formula is C11H7ClFNO. The lowest BCUT2D eigenvalue weighted by Crippen LogP contribution is -2.01. The van der Waals surface area contributed by atoms with E-state index in [2.05, 4.69) is 4.98 Å². The molecule has 1 aromatic heterocycles. The van der Waals surface area contributed by atoms with Gasteiger partial charge >= 0.3 is 0 Å². The van der Waals surface area contributed by atoms with Gasteiger partial charge in [0, 0.05) is 12.3 Å². The highest BCUT2D eigenvalue weighted by atomic mass is 35.5. The molecule has 0 spiro atoms. The molecule has 0 saturated carbocycles. The van der Waals surface area contributed by atoms with Crippen LogP contribution in [0.25, 0.3) is 11.1 Å². The van der Waals surface area contributed by atoms with E-state index in [1.807, 2.05) is 0 Å². The van der Waals surface area contributed by atoms with Crippen LogP contribution >= 0.6 is 11.6 Å². The smallest absolute Gasteiger partial charge is 0.248 e. The Kier molecular flexibility index (Phi) is 2.56. The van der Waals surface area contributed by atoms with Crippen molar-refractivity contribution >= 4 is 11.6 Å². The van der Waals surface area contributed by atoms with Crippen LogP contribution in [0.15, 0.2) is 41.3 Å². The number of H-pyrrole nitrogens is 1. The predicted molar refractivity (Wildman–Crippen MR) is 57.5 cm³/mol. The van der Waals surface area contributed by atoms with Crippen molar-refractivity contribution in [3.8, 4) is 11.1 Å². The number of nitrogens with one attached hydrogen (secondary N) is 1. The molecule has 0 bridgehead atoms. The first-order chi connectivity index (χ1) is 7.16. The van der Waals surface area contributed by atoms with Gasteiger partial charge in [0.15, 0.2) is 0 Å². The fraction of sp³-hybridized carbons (Fsp3) is 0. The number of halogens is 2. The predicted octanol–water partition coefficient (Wildman–Crippen LogP) is 2.83. The summed E-state index contributed by atoms with van der Waals surface area (Å²) in [5, 5.41) is 0.0489. The highest BCUT2D eigenvalue weighted by molar-refractivity contribution is 6.31. The molecule has 1 N–H and O–H groups in total. The maximum absolute atomic E-state index is 12.9. The van der Waals surface area contributed by atoms with Gasteiger partial charge in [-0.2, -0.15) is 0 Å². The topological polar surface area (TPSA) is 32.9 Å². The molecule has 0 unspecified atom stereocenters. The van der Waals surface area contributed by atoms with Crippen molar-refractivity contribution in [3.63, 3.8) is 0 Å². The zero-order valence-corrected chi connectivity index (χ0v) is 8.38. The number of hydrogen-bond donors (Lipinski definition) is 1. The first-order valence-electron chi connectivity index (χ1n) is 4.31. The molecule has 0 aliphatic carbocycles. The summed E-state index contributed by atoms with van der Waals surface area (Å²) in [6.45, 7) is 0. The first-order valence-corrected chi connectivity index (χ1v) is 4.69. The van der Waals surface area contributed by atoms with Crippen LogP contribution in [0, 0.1) is 5.82 Å². The number of aromatic amines is 1. The summed E-state index contributed by atoms with van der Waals surface area (Å²) in [4.78, 5) is 13.6. The molecular weight excluding hydrogens is 217 g/mol. The minimum absolute atomic E-state index is 0.0489. The summed E-state index contributed by atoms with van der Waals surface area (Å²) in [5.41, 5.74) is 1.22. The molecule has 0 saturated heterocycles. The summed E-state index contributed by atoms with van der Waals surface area (Å²) < 4.78 is 12.9. The van der Waals surface area contributed by atoms with E-state index in [0.717, 1.165) is 0 Å². The van der Waals surface area contributed by atoms with Crippen LogP contribution in [0.2, 0.25) is 5.02 Å². The number of rotatable bonds is 1. The average molecular weight is 224 g/mol. The number of aromatic nitrogens is 1. The maximum atomic E-state index is 12.9. The Morgan fingerprint density at radius 3 is 2.53 bits per heavy atom. The summed E-state index contributed by atoms with van der Waals surface area (Å²) >= 11 is 5.64. The summed E-state index contributed by atoms with van der Waals surface area (Å²) in [5.74, 6) is -0.467. The second-order valence-corrected chi connectivity index (χ2v) is 3.48. The normalized spacial score (nSPS) is 10.3. The zero-order valence-electron chi connectivity index (χ0n) is 7.63. The number of benzene rings is 1. The second-order valence-electron chi connectivity index (χ2n) is 3.07. The van der Waals surface area contributed by atoms with E-state index in [4.69, 9.17) is 11.6 Å². The van der Waals surface area contributed by atoms with Crippen molar-refractivity contribution in [1.29, 1.82) is 0 Å². The quantitative estimate of drug-likeness (QED) is 0.792. The molecule has 0 amide bonds. The average Bonchev–Trinajstić information content (AvgIpc) is 2.22. The van der Waals surface area contributed by atoms with Gasteiger partial charge in [-0.25, -0.2) is 4.39 Å². The van der Waals surface area contributed by atoms with E-state index in [9.17, 15) is 9.18 Å². The van der Waals surface area contributed by atoms with Gasteiger partial charge in [0.2, 0.25) is 5.56 Å². The lowest BCUT2D eigenvalue weighted by molar-refractivity contribution is 0.628. The van der Waals surface area contributed by atoms with Gasteiger partial charge < -0.3 is 4.98 Å². The van der Waals surface area contributed by atoms with Crippen molar-refractivity contribution in [2.75, 3.05) is 0 Å². The summed E-state index contributed by atoms with van der Waals surface area (Å²) in [6.07, 6.45) is 1.54. The Morgan fingerprint density at radius 2 is 1.87 bits per heavy atom. The van der Waals surface area contributed by atoms with E-state index in [0.29, 0.717) is 11.1 Å². The molecule has 1 aromatic carbocycles. The van der Waals surface area contributed by atoms with Crippen molar-refractivity contribution in [3.05, 3.63) is 57.7 Å². The minimum Gasteiger partial charge on any atom is -0.329 e. The van der Waals surface area contributed by atoms with Gasteiger partial charge in [-0.3, -0.25) is 4.79 Å². The van der Waals surface area contributed by atoms with Crippen molar-refractivity contribution in [2.45, 2.75) is 0 Å². The molecule has 2 rings (SSSR count). The van der Waals surface area contributed by atoms with Crippen LogP contribution in [0.3, 0.4) is 0 Å². The van der Waals surface area contributed by atoms with E-state index < -0.39 is 5.82 Å². The molecule has 4 heteroatoms. The fourth-order valence-corrected chi connectivity index (χ4v) is 1.48. The largest absolute Gasteiger partial charge is 0.329 e.